The first-order valence-electron chi connectivity index (χ1n) is 7.40. The van der Waals surface area contributed by atoms with Gasteiger partial charge in [-0.15, -0.1) is 10.2 Å². The highest BCUT2D eigenvalue weighted by molar-refractivity contribution is 5.83. The predicted molar refractivity (Wildman–Crippen MR) is 82.1 cm³/mol. The summed E-state index contributed by atoms with van der Waals surface area (Å²) in [5, 5.41) is 12.8. The summed E-state index contributed by atoms with van der Waals surface area (Å²) in [5.74, 6) is 1.34. The van der Waals surface area contributed by atoms with Crippen molar-refractivity contribution in [1.29, 1.82) is 0 Å². The Morgan fingerprint density at radius 1 is 1.14 bits per heavy atom. The first kappa shape index (κ1) is 13.8. The van der Waals surface area contributed by atoms with Crippen molar-refractivity contribution in [2.75, 3.05) is 6.54 Å². The third-order valence-electron chi connectivity index (χ3n) is 3.55. The summed E-state index contributed by atoms with van der Waals surface area (Å²) < 4.78 is 7.79. The maximum absolute atomic E-state index is 5.62. The highest BCUT2D eigenvalue weighted by Crippen LogP contribution is 2.21. The Morgan fingerprint density at radius 2 is 2.00 bits per heavy atom. The Hall–Kier alpha value is -2.14. The van der Waals surface area contributed by atoms with Crippen molar-refractivity contribution in [2.45, 2.75) is 33.4 Å². The highest BCUT2D eigenvalue weighted by atomic mass is 16.4. The van der Waals surface area contributed by atoms with Crippen LogP contribution in [0.4, 0.5) is 0 Å². The van der Waals surface area contributed by atoms with Gasteiger partial charge in [-0.2, -0.15) is 0 Å². The zero-order chi connectivity index (χ0) is 14.7. The maximum Gasteiger partial charge on any atom is 0.236 e. The van der Waals surface area contributed by atoms with Crippen LogP contribution in [0.15, 0.2) is 34.9 Å². The molecule has 2 heterocycles. The van der Waals surface area contributed by atoms with Gasteiger partial charge < -0.3 is 14.3 Å². The van der Waals surface area contributed by atoms with Gasteiger partial charge in [-0.3, -0.25) is 0 Å². The molecule has 3 aromatic rings. The zero-order valence-electron chi connectivity index (χ0n) is 12.5. The average Bonchev–Trinajstić information content (AvgIpc) is 3.13. The molecule has 0 spiro atoms. The molecular weight excluding hydrogens is 264 g/mol. The molecule has 0 saturated heterocycles. The number of benzene rings is 1. The first-order chi connectivity index (χ1) is 10.3. The normalized spacial score (nSPS) is 11.3. The molecular formula is C16H20N4O. The van der Waals surface area contributed by atoms with E-state index in [1.807, 2.05) is 6.92 Å². The fourth-order valence-electron chi connectivity index (χ4n) is 2.52. The smallest absolute Gasteiger partial charge is 0.236 e. The summed E-state index contributed by atoms with van der Waals surface area (Å²) in [6, 6.07) is 8.52. The number of nitrogens with zero attached hydrogens (tertiary/aromatic N) is 3. The summed E-state index contributed by atoms with van der Waals surface area (Å²) in [6.45, 7) is 6.56. The molecule has 110 valence electrons. The molecule has 2 aromatic heterocycles. The molecule has 1 N–H and O–H groups in total. The maximum atomic E-state index is 5.62. The molecule has 0 bridgehead atoms. The Kier molecular flexibility index (Phi) is 4.01. The Bertz CT molecular complexity index is 729. The van der Waals surface area contributed by atoms with Crippen molar-refractivity contribution < 1.29 is 4.42 Å². The summed E-state index contributed by atoms with van der Waals surface area (Å²) >= 11 is 0. The number of nitrogens with one attached hydrogen (secondary N) is 1. The minimum Gasteiger partial charge on any atom is -0.423 e. The number of aryl methyl sites for hydroxylation is 1. The molecule has 21 heavy (non-hydrogen) atoms. The lowest BCUT2D eigenvalue weighted by molar-refractivity contribution is 0.444. The predicted octanol–water partition coefficient (Wildman–Crippen LogP) is 2.74. The molecule has 0 saturated carbocycles. The van der Waals surface area contributed by atoms with E-state index in [9.17, 15) is 0 Å². The zero-order valence-corrected chi connectivity index (χ0v) is 12.5. The largest absolute Gasteiger partial charge is 0.423 e. The third-order valence-corrected chi connectivity index (χ3v) is 3.55. The average molecular weight is 284 g/mol. The van der Waals surface area contributed by atoms with E-state index in [1.165, 1.54) is 16.5 Å². The van der Waals surface area contributed by atoms with E-state index in [1.54, 1.807) is 0 Å². The summed E-state index contributed by atoms with van der Waals surface area (Å²) in [4.78, 5) is 0. The summed E-state index contributed by atoms with van der Waals surface area (Å²) in [7, 11) is 0. The Labute approximate surface area is 124 Å². The molecule has 0 aliphatic rings. The van der Waals surface area contributed by atoms with E-state index in [4.69, 9.17) is 4.42 Å². The molecule has 0 amide bonds. The number of fused-ring (bicyclic) bond motifs is 1. The molecule has 5 heteroatoms. The van der Waals surface area contributed by atoms with Gasteiger partial charge >= 0.3 is 0 Å². The number of hydrogen-bond acceptors (Lipinski definition) is 4. The van der Waals surface area contributed by atoms with Gasteiger partial charge in [0.15, 0.2) is 0 Å². The van der Waals surface area contributed by atoms with Crippen LogP contribution in [-0.4, -0.2) is 21.3 Å². The lowest BCUT2D eigenvalue weighted by Crippen LogP contribution is -2.13. The second kappa shape index (κ2) is 6.10. The number of para-hydroxylation sites is 1. The van der Waals surface area contributed by atoms with Crippen LogP contribution in [0.3, 0.4) is 0 Å². The van der Waals surface area contributed by atoms with Gasteiger partial charge in [0.05, 0.1) is 5.52 Å². The van der Waals surface area contributed by atoms with Gasteiger partial charge in [-0.25, -0.2) is 0 Å². The third kappa shape index (κ3) is 2.83. The van der Waals surface area contributed by atoms with Crippen LogP contribution in [0.1, 0.15) is 31.2 Å². The lowest BCUT2D eigenvalue weighted by atomic mass is 10.1. The molecule has 0 fully saturated rings. The topological polar surface area (TPSA) is 55.9 Å². The van der Waals surface area contributed by atoms with Crippen molar-refractivity contribution in [3.8, 4) is 0 Å². The second-order valence-electron chi connectivity index (χ2n) is 5.02. The minimum atomic E-state index is 0.611. The monoisotopic (exact) mass is 284 g/mol. The van der Waals surface area contributed by atoms with Gasteiger partial charge in [0, 0.05) is 19.2 Å². The van der Waals surface area contributed by atoms with Crippen molar-refractivity contribution >= 4 is 10.9 Å². The minimum absolute atomic E-state index is 0.611. The van der Waals surface area contributed by atoms with Crippen molar-refractivity contribution in [1.82, 2.24) is 20.1 Å². The quantitative estimate of drug-likeness (QED) is 0.756. The summed E-state index contributed by atoms with van der Waals surface area (Å²) in [6.07, 6.45) is 2.85. The van der Waals surface area contributed by atoms with E-state index >= 15 is 0 Å². The number of aromatic nitrogens is 3. The van der Waals surface area contributed by atoms with Crippen LogP contribution in [-0.2, 0) is 19.5 Å². The molecule has 3 rings (SSSR count). The molecule has 0 aliphatic carbocycles. The highest BCUT2D eigenvalue weighted by Gasteiger charge is 2.10. The molecule has 1 aromatic carbocycles. The lowest BCUT2D eigenvalue weighted by Gasteiger charge is -2.08. The van der Waals surface area contributed by atoms with E-state index < -0.39 is 0 Å². The van der Waals surface area contributed by atoms with E-state index in [0.717, 1.165) is 19.5 Å². The van der Waals surface area contributed by atoms with E-state index in [-0.39, 0.29) is 0 Å². The van der Waals surface area contributed by atoms with E-state index in [0.29, 0.717) is 18.3 Å². The second-order valence-corrected chi connectivity index (χ2v) is 5.02. The molecule has 0 unspecified atom stereocenters. The molecule has 0 aliphatic heterocycles. The van der Waals surface area contributed by atoms with Crippen LogP contribution < -0.4 is 5.32 Å². The van der Waals surface area contributed by atoms with Gasteiger partial charge in [-0.1, -0.05) is 32.0 Å². The standard InChI is InChI=1S/C16H20N4O/c1-3-14-18-19-15(21-14)11-20-9-8-12-6-5-7-13(16(12)20)10-17-4-2/h5-9,17H,3-4,10-11H2,1-2H3. The van der Waals surface area contributed by atoms with Crippen LogP contribution in [0.25, 0.3) is 10.9 Å². The molecule has 0 atom stereocenters. The van der Waals surface area contributed by atoms with Crippen molar-refractivity contribution in [3.05, 3.63) is 47.8 Å². The van der Waals surface area contributed by atoms with Gasteiger partial charge in [0.2, 0.25) is 11.8 Å². The van der Waals surface area contributed by atoms with Gasteiger partial charge in [0.1, 0.15) is 6.54 Å². The Morgan fingerprint density at radius 3 is 2.76 bits per heavy atom. The molecule has 0 radical (unpaired) electrons. The van der Waals surface area contributed by atoms with Gasteiger partial charge in [-0.05, 0) is 23.6 Å². The van der Waals surface area contributed by atoms with Gasteiger partial charge in [0.25, 0.3) is 0 Å². The SMILES string of the molecule is CCNCc1cccc2ccn(Cc3nnc(CC)o3)c12. The van der Waals surface area contributed by atoms with Crippen LogP contribution >= 0.6 is 0 Å². The van der Waals surface area contributed by atoms with E-state index in [2.05, 4.69) is 57.5 Å². The van der Waals surface area contributed by atoms with Crippen LogP contribution in [0, 0.1) is 0 Å². The molecule has 5 nitrogen and oxygen atoms in total. The Balaban J connectivity index is 1.94. The number of rotatable bonds is 6. The van der Waals surface area contributed by atoms with Crippen LogP contribution in [0.2, 0.25) is 0 Å². The fraction of sp³-hybridized carbons (Fsp3) is 0.375. The van der Waals surface area contributed by atoms with Crippen molar-refractivity contribution in [3.63, 3.8) is 0 Å². The number of hydrogen-bond donors (Lipinski definition) is 1. The fourth-order valence-corrected chi connectivity index (χ4v) is 2.52. The van der Waals surface area contributed by atoms with Crippen molar-refractivity contribution in [2.24, 2.45) is 0 Å². The first-order valence-corrected chi connectivity index (χ1v) is 7.40. The summed E-state index contributed by atoms with van der Waals surface area (Å²) in [5.41, 5.74) is 2.52. The van der Waals surface area contributed by atoms with Crippen LogP contribution in [0.5, 0.6) is 0 Å².